The number of halogens is 5. The van der Waals surface area contributed by atoms with Crippen LogP contribution in [0.15, 0.2) is 30.3 Å². The van der Waals surface area contributed by atoms with Crippen molar-refractivity contribution < 1.29 is 45.9 Å². The van der Waals surface area contributed by atoms with Gasteiger partial charge in [0, 0.05) is 18.4 Å². The Hall–Kier alpha value is -4.60. The maximum absolute atomic E-state index is 14.9. The van der Waals surface area contributed by atoms with Gasteiger partial charge in [-0.1, -0.05) is 71.9 Å². The number of benzene rings is 2. The zero-order chi connectivity index (χ0) is 38.7. The highest BCUT2D eigenvalue weighted by Gasteiger charge is 2.35. The first-order valence-electron chi connectivity index (χ1n) is 16.6. The van der Waals surface area contributed by atoms with E-state index in [1.165, 1.54) is 13.8 Å². The monoisotopic (exact) mass is 726 g/mol. The highest BCUT2D eigenvalue weighted by atomic mass is 19.2. The summed E-state index contributed by atoms with van der Waals surface area (Å²) in [5.41, 5.74) is 10.6. The zero-order valence-electron chi connectivity index (χ0n) is 29.4. The van der Waals surface area contributed by atoms with Gasteiger partial charge in [-0.3, -0.25) is 24.0 Å². The predicted octanol–water partition coefficient (Wildman–Crippen LogP) is 2.67. The Labute approximate surface area is 293 Å². The largest absolute Gasteiger partial charge is 0.368 e. The number of hydrogen-bond acceptors (Lipinski definition) is 6. The number of rotatable bonds is 18. The van der Waals surface area contributed by atoms with E-state index in [1.807, 2.05) is 13.8 Å². The molecule has 51 heavy (non-hydrogen) atoms. The van der Waals surface area contributed by atoms with Crippen molar-refractivity contribution in [2.45, 2.75) is 97.4 Å². The van der Waals surface area contributed by atoms with Crippen molar-refractivity contribution in [2.24, 2.45) is 29.2 Å². The lowest BCUT2D eigenvalue weighted by molar-refractivity contribution is -0.135. The van der Waals surface area contributed by atoms with E-state index in [4.69, 9.17) is 11.5 Å². The van der Waals surface area contributed by atoms with E-state index < -0.39 is 107 Å². The molecule has 2 rings (SSSR count). The van der Waals surface area contributed by atoms with Crippen molar-refractivity contribution in [3.63, 3.8) is 0 Å². The fourth-order valence-electron chi connectivity index (χ4n) is 5.24. The minimum absolute atomic E-state index is 0.0104. The Morgan fingerprint density at radius 1 is 0.588 bits per heavy atom. The Bertz CT molecular complexity index is 1530. The van der Waals surface area contributed by atoms with Crippen LogP contribution >= 0.6 is 0 Å². The van der Waals surface area contributed by atoms with Gasteiger partial charge in [-0.05, 0) is 36.2 Å². The first kappa shape index (κ1) is 42.6. The fraction of sp³-hybridized carbons (Fsp3) is 0.514. The number of nitrogens with one attached hydrogen (secondary N) is 4. The third kappa shape index (κ3) is 12.3. The molecular weight excluding hydrogens is 679 g/mol. The van der Waals surface area contributed by atoms with Gasteiger partial charge in [-0.25, -0.2) is 22.0 Å². The number of amides is 5. The van der Waals surface area contributed by atoms with Gasteiger partial charge in [0.05, 0.1) is 6.04 Å². The second kappa shape index (κ2) is 19.1. The van der Waals surface area contributed by atoms with Crippen LogP contribution in [0.1, 0.15) is 65.5 Å². The summed E-state index contributed by atoms with van der Waals surface area (Å²) >= 11 is 0. The Morgan fingerprint density at radius 2 is 1.04 bits per heavy atom. The van der Waals surface area contributed by atoms with Crippen LogP contribution in [0.5, 0.6) is 0 Å². The van der Waals surface area contributed by atoms with E-state index in [0.717, 1.165) is 0 Å². The van der Waals surface area contributed by atoms with E-state index in [-0.39, 0.29) is 31.1 Å². The molecule has 0 saturated carbocycles. The second-order valence-corrected chi connectivity index (χ2v) is 13.6. The molecule has 0 saturated heterocycles. The molecule has 11 nitrogen and oxygen atoms in total. The molecule has 16 heteroatoms. The highest BCUT2D eigenvalue weighted by molar-refractivity contribution is 5.96. The Balaban J connectivity index is 2.55. The molecule has 282 valence electrons. The van der Waals surface area contributed by atoms with Crippen LogP contribution in [0.25, 0.3) is 0 Å². The Morgan fingerprint density at radius 3 is 1.53 bits per heavy atom. The fourth-order valence-corrected chi connectivity index (χ4v) is 5.24. The van der Waals surface area contributed by atoms with Gasteiger partial charge < -0.3 is 32.7 Å². The van der Waals surface area contributed by atoms with Crippen molar-refractivity contribution >= 4 is 29.5 Å². The molecule has 0 spiro atoms. The standard InChI is InChI=1S/C35H47F5N6O5/c1-16(2)12-21(41)32(48)44-23(14-19-10-8-7-9-11-19)33(49)45-24(15-20-25(36)27(38)29(40)28(39)26(20)37)34(50)46-30(18(5)6)35(51)43-22(31(42)47)13-17(3)4/h7-11,16-18,21-24,30H,12-15,41H2,1-6H3,(H2,42,47)(H,43,51)(H,44,48)(H,45,49)(H,46,50)/t21-,22-,23-,24-,30-/m1/s1. The van der Waals surface area contributed by atoms with Crippen molar-refractivity contribution in [2.75, 3.05) is 0 Å². The van der Waals surface area contributed by atoms with Gasteiger partial charge in [0.2, 0.25) is 35.4 Å². The average molecular weight is 727 g/mol. The molecule has 0 aliphatic carbocycles. The van der Waals surface area contributed by atoms with Crippen molar-refractivity contribution in [3.05, 3.63) is 70.5 Å². The lowest BCUT2D eigenvalue weighted by Gasteiger charge is -2.28. The van der Waals surface area contributed by atoms with Crippen LogP contribution in [0.4, 0.5) is 22.0 Å². The van der Waals surface area contributed by atoms with E-state index in [0.29, 0.717) is 5.56 Å². The van der Waals surface area contributed by atoms with Gasteiger partial charge in [0.25, 0.3) is 0 Å². The molecule has 0 aliphatic heterocycles. The van der Waals surface area contributed by atoms with Crippen LogP contribution in [-0.4, -0.2) is 59.7 Å². The normalized spacial score (nSPS) is 14.4. The number of carbonyl (C=O) groups excluding carboxylic acids is 5. The molecular formula is C35H47F5N6O5. The van der Waals surface area contributed by atoms with Crippen LogP contribution in [0.2, 0.25) is 0 Å². The maximum Gasteiger partial charge on any atom is 0.243 e. The Kier molecular flexibility index (Phi) is 16.0. The molecule has 0 fully saturated rings. The van der Waals surface area contributed by atoms with Gasteiger partial charge in [-0.2, -0.15) is 0 Å². The second-order valence-electron chi connectivity index (χ2n) is 13.6. The summed E-state index contributed by atoms with van der Waals surface area (Å²) in [5.74, 6) is -16.9. The summed E-state index contributed by atoms with van der Waals surface area (Å²) in [6.07, 6.45) is -0.992. The predicted molar refractivity (Wildman–Crippen MR) is 179 cm³/mol. The lowest BCUT2D eigenvalue weighted by Crippen LogP contribution is -2.60. The summed E-state index contributed by atoms with van der Waals surface area (Å²) in [6.45, 7) is 10.3. The smallest absolute Gasteiger partial charge is 0.243 e. The van der Waals surface area contributed by atoms with Gasteiger partial charge in [0.1, 0.15) is 24.2 Å². The van der Waals surface area contributed by atoms with Crippen molar-refractivity contribution in [1.29, 1.82) is 0 Å². The van der Waals surface area contributed by atoms with Crippen molar-refractivity contribution in [1.82, 2.24) is 21.3 Å². The van der Waals surface area contributed by atoms with Crippen LogP contribution < -0.4 is 32.7 Å². The number of carbonyl (C=O) groups is 5. The third-order valence-electron chi connectivity index (χ3n) is 7.93. The molecule has 5 amide bonds. The van der Waals surface area contributed by atoms with E-state index in [1.54, 1.807) is 44.2 Å². The van der Waals surface area contributed by atoms with E-state index in [2.05, 4.69) is 21.3 Å². The molecule has 0 unspecified atom stereocenters. The minimum atomic E-state index is -2.43. The summed E-state index contributed by atoms with van der Waals surface area (Å²) in [6, 6.07) is 1.26. The average Bonchev–Trinajstić information content (AvgIpc) is 3.05. The molecule has 5 atom stereocenters. The first-order chi connectivity index (χ1) is 23.7. The summed E-state index contributed by atoms with van der Waals surface area (Å²) in [7, 11) is 0. The summed E-state index contributed by atoms with van der Waals surface area (Å²) < 4.78 is 72.0. The summed E-state index contributed by atoms with van der Waals surface area (Å²) in [5, 5.41) is 9.60. The SMILES string of the molecule is CC(C)C[C@@H](N)C(=O)N[C@H](Cc1ccccc1)C(=O)N[C@H](Cc1c(F)c(F)c(F)c(F)c1F)C(=O)N[C@@H](C(=O)N[C@H](CC(C)C)C(N)=O)C(C)C. The van der Waals surface area contributed by atoms with Crippen LogP contribution in [-0.2, 0) is 36.8 Å². The third-order valence-corrected chi connectivity index (χ3v) is 7.93. The van der Waals surface area contributed by atoms with Crippen LogP contribution in [0.3, 0.4) is 0 Å². The highest BCUT2D eigenvalue weighted by Crippen LogP contribution is 2.24. The maximum atomic E-state index is 14.9. The summed E-state index contributed by atoms with van der Waals surface area (Å²) in [4.78, 5) is 65.9. The van der Waals surface area contributed by atoms with Crippen LogP contribution in [0, 0.1) is 46.8 Å². The molecule has 8 N–H and O–H groups in total. The number of hydrogen-bond donors (Lipinski definition) is 6. The molecule has 0 aromatic heterocycles. The molecule has 2 aromatic rings. The molecule has 0 bridgehead atoms. The first-order valence-corrected chi connectivity index (χ1v) is 16.6. The van der Waals surface area contributed by atoms with Crippen molar-refractivity contribution in [3.8, 4) is 0 Å². The quantitative estimate of drug-likeness (QED) is 0.0780. The minimum Gasteiger partial charge on any atom is -0.368 e. The van der Waals surface area contributed by atoms with E-state index >= 15 is 0 Å². The molecule has 0 radical (unpaired) electrons. The van der Waals surface area contributed by atoms with Gasteiger partial charge in [-0.15, -0.1) is 0 Å². The molecule has 2 aromatic carbocycles. The van der Waals surface area contributed by atoms with Gasteiger partial charge >= 0.3 is 0 Å². The molecule has 0 aliphatic rings. The topological polar surface area (TPSA) is 186 Å². The number of primary amides is 1. The zero-order valence-corrected chi connectivity index (χ0v) is 29.4. The van der Waals surface area contributed by atoms with E-state index in [9.17, 15) is 45.9 Å². The van der Waals surface area contributed by atoms with Gasteiger partial charge in [0.15, 0.2) is 23.3 Å². The number of nitrogens with two attached hydrogens (primary N) is 2. The lowest BCUT2D eigenvalue weighted by atomic mass is 9.98. The molecule has 0 heterocycles.